The highest BCUT2D eigenvalue weighted by Gasteiger charge is 2.14. The maximum Gasteiger partial charge on any atom is 0.281 e. The maximum absolute atomic E-state index is 12.7. The van der Waals surface area contributed by atoms with Crippen LogP contribution in [0.15, 0.2) is 53.8 Å². The Hall–Kier alpha value is -2.66. The van der Waals surface area contributed by atoms with Crippen LogP contribution in [0.25, 0.3) is 27.6 Å². The van der Waals surface area contributed by atoms with Crippen LogP contribution < -0.4 is 5.56 Å². The van der Waals surface area contributed by atoms with E-state index in [0.717, 1.165) is 5.39 Å². The van der Waals surface area contributed by atoms with Crippen molar-refractivity contribution in [2.45, 2.75) is 0 Å². The second-order valence-electron chi connectivity index (χ2n) is 4.64. The summed E-state index contributed by atoms with van der Waals surface area (Å²) in [6.45, 7) is 0. The lowest BCUT2D eigenvalue weighted by Gasteiger charge is -2.10. The lowest BCUT2D eigenvalue weighted by atomic mass is 10.1. The van der Waals surface area contributed by atoms with Gasteiger partial charge in [-0.25, -0.2) is 4.98 Å². The van der Waals surface area contributed by atoms with Crippen molar-refractivity contribution in [1.82, 2.24) is 19.5 Å². The molecule has 0 radical (unpaired) electrons. The van der Waals surface area contributed by atoms with E-state index in [1.165, 1.54) is 6.33 Å². The number of fused-ring (bicyclic) bond motifs is 3. The number of hydrogen-bond donors (Lipinski definition) is 1. The van der Waals surface area contributed by atoms with E-state index in [9.17, 15) is 4.79 Å². The summed E-state index contributed by atoms with van der Waals surface area (Å²) in [6, 6.07) is 9.04. The zero-order chi connectivity index (χ0) is 14.4. The standard InChI is InChI=1S/C15H9ClN4O/c16-9-3-4-11-12(6-9)20(10-2-1-5-17-7-10)15(21)14-13(11)18-8-19-14/h1-8H,(H,18,19). The molecular formula is C15H9ClN4O. The number of nitrogens with zero attached hydrogens (tertiary/aromatic N) is 3. The van der Waals surface area contributed by atoms with Crippen molar-refractivity contribution in [3.05, 3.63) is 64.4 Å². The average molecular weight is 297 g/mol. The molecule has 3 heterocycles. The van der Waals surface area contributed by atoms with Crippen LogP contribution >= 0.6 is 11.6 Å². The molecule has 6 heteroatoms. The van der Waals surface area contributed by atoms with Crippen molar-refractivity contribution in [3.8, 4) is 5.69 Å². The number of imidazole rings is 1. The Balaban J connectivity index is 2.28. The molecule has 21 heavy (non-hydrogen) atoms. The number of aromatic nitrogens is 4. The predicted octanol–water partition coefficient (Wildman–Crippen LogP) is 2.92. The van der Waals surface area contributed by atoms with Crippen molar-refractivity contribution < 1.29 is 0 Å². The van der Waals surface area contributed by atoms with Gasteiger partial charge in [0.25, 0.3) is 5.56 Å². The number of hydrogen-bond acceptors (Lipinski definition) is 3. The minimum atomic E-state index is -0.176. The Morgan fingerprint density at radius 2 is 2.14 bits per heavy atom. The molecule has 4 aromatic rings. The number of nitrogens with one attached hydrogen (secondary N) is 1. The van der Waals surface area contributed by atoms with Gasteiger partial charge in [0.1, 0.15) is 11.0 Å². The summed E-state index contributed by atoms with van der Waals surface area (Å²) in [5.74, 6) is 0. The van der Waals surface area contributed by atoms with Crippen molar-refractivity contribution >= 4 is 33.5 Å². The van der Waals surface area contributed by atoms with Gasteiger partial charge in [-0.05, 0) is 30.3 Å². The quantitative estimate of drug-likeness (QED) is 0.587. The van der Waals surface area contributed by atoms with Gasteiger partial charge in [-0.1, -0.05) is 11.6 Å². The van der Waals surface area contributed by atoms with E-state index in [1.54, 1.807) is 35.2 Å². The smallest absolute Gasteiger partial charge is 0.281 e. The molecule has 0 aliphatic rings. The fourth-order valence-electron chi connectivity index (χ4n) is 2.52. The van der Waals surface area contributed by atoms with Crippen molar-refractivity contribution in [3.63, 3.8) is 0 Å². The highest BCUT2D eigenvalue weighted by Crippen LogP contribution is 2.25. The first-order valence-electron chi connectivity index (χ1n) is 6.33. The van der Waals surface area contributed by atoms with Crippen LogP contribution in [0.3, 0.4) is 0 Å². The van der Waals surface area contributed by atoms with Gasteiger partial charge in [0, 0.05) is 16.6 Å². The SMILES string of the molecule is O=c1c2[nH]cnc2c2ccc(Cl)cc2n1-c1cccnc1. The Morgan fingerprint density at radius 1 is 1.24 bits per heavy atom. The molecule has 0 atom stereocenters. The molecule has 0 fully saturated rings. The fraction of sp³-hybridized carbons (Fsp3) is 0. The number of pyridine rings is 2. The first-order chi connectivity index (χ1) is 10.3. The molecule has 1 N–H and O–H groups in total. The summed E-state index contributed by atoms with van der Waals surface area (Å²) >= 11 is 6.10. The van der Waals surface area contributed by atoms with Crippen LogP contribution in [-0.4, -0.2) is 19.5 Å². The van der Waals surface area contributed by atoms with Gasteiger partial charge in [-0.15, -0.1) is 0 Å². The van der Waals surface area contributed by atoms with E-state index in [4.69, 9.17) is 11.6 Å². The van der Waals surface area contributed by atoms with E-state index >= 15 is 0 Å². The van der Waals surface area contributed by atoms with Gasteiger partial charge in [-0.2, -0.15) is 0 Å². The summed E-state index contributed by atoms with van der Waals surface area (Å²) in [6.07, 6.45) is 4.83. The summed E-state index contributed by atoms with van der Waals surface area (Å²) in [7, 11) is 0. The Kier molecular flexibility index (Phi) is 2.55. The molecule has 0 saturated heterocycles. The average Bonchev–Trinajstić information content (AvgIpc) is 2.98. The first-order valence-corrected chi connectivity index (χ1v) is 6.71. The van der Waals surface area contributed by atoms with Crippen LogP contribution in [0.4, 0.5) is 0 Å². The lowest BCUT2D eigenvalue weighted by Crippen LogP contribution is -2.19. The van der Waals surface area contributed by atoms with Gasteiger partial charge in [-0.3, -0.25) is 14.3 Å². The molecule has 0 amide bonds. The van der Waals surface area contributed by atoms with Gasteiger partial charge in [0.15, 0.2) is 0 Å². The number of rotatable bonds is 1. The maximum atomic E-state index is 12.7. The predicted molar refractivity (Wildman–Crippen MR) is 82.0 cm³/mol. The largest absolute Gasteiger partial charge is 0.340 e. The Labute approximate surface area is 123 Å². The molecule has 4 rings (SSSR count). The summed E-state index contributed by atoms with van der Waals surface area (Å²) < 4.78 is 1.59. The highest BCUT2D eigenvalue weighted by atomic mass is 35.5. The van der Waals surface area contributed by atoms with Crippen LogP contribution in [0.2, 0.25) is 5.02 Å². The molecule has 0 saturated carbocycles. The van der Waals surface area contributed by atoms with Crippen LogP contribution in [0.1, 0.15) is 0 Å². The molecule has 0 spiro atoms. The topological polar surface area (TPSA) is 63.6 Å². The number of aromatic amines is 1. The lowest BCUT2D eigenvalue weighted by molar-refractivity contribution is 1.04. The van der Waals surface area contributed by atoms with Crippen molar-refractivity contribution in [2.24, 2.45) is 0 Å². The molecular weight excluding hydrogens is 288 g/mol. The van der Waals surface area contributed by atoms with Crippen LogP contribution in [-0.2, 0) is 0 Å². The van der Waals surface area contributed by atoms with E-state index in [2.05, 4.69) is 15.0 Å². The molecule has 0 unspecified atom stereocenters. The van der Waals surface area contributed by atoms with Gasteiger partial charge >= 0.3 is 0 Å². The Morgan fingerprint density at radius 3 is 2.95 bits per heavy atom. The third-order valence-electron chi connectivity index (χ3n) is 3.42. The first kappa shape index (κ1) is 12.1. The molecule has 0 bridgehead atoms. The number of H-pyrrole nitrogens is 1. The van der Waals surface area contributed by atoms with Gasteiger partial charge in [0.05, 0.1) is 23.7 Å². The van der Waals surface area contributed by atoms with E-state index in [-0.39, 0.29) is 5.56 Å². The second-order valence-corrected chi connectivity index (χ2v) is 5.08. The number of benzene rings is 1. The normalized spacial score (nSPS) is 11.3. The molecule has 1 aromatic carbocycles. The zero-order valence-electron chi connectivity index (χ0n) is 10.7. The minimum Gasteiger partial charge on any atom is -0.340 e. The minimum absolute atomic E-state index is 0.176. The second kappa shape index (κ2) is 4.43. The van der Waals surface area contributed by atoms with Crippen LogP contribution in [0, 0.1) is 0 Å². The molecule has 102 valence electrons. The summed E-state index contributed by atoms with van der Waals surface area (Å²) in [4.78, 5) is 24.0. The monoisotopic (exact) mass is 296 g/mol. The van der Waals surface area contributed by atoms with Crippen molar-refractivity contribution in [2.75, 3.05) is 0 Å². The number of halogens is 1. The highest BCUT2D eigenvalue weighted by molar-refractivity contribution is 6.31. The van der Waals surface area contributed by atoms with Gasteiger partial charge < -0.3 is 4.98 Å². The third kappa shape index (κ3) is 1.75. The summed E-state index contributed by atoms with van der Waals surface area (Å²) in [5, 5.41) is 1.42. The van der Waals surface area contributed by atoms with E-state index in [0.29, 0.717) is 27.3 Å². The molecule has 5 nitrogen and oxygen atoms in total. The Bertz CT molecular complexity index is 1020. The molecule has 0 aliphatic carbocycles. The van der Waals surface area contributed by atoms with Gasteiger partial charge in [0.2, 0.25) is 0 Å². The molecule has 3 aromatic heterocycles. The summed E-state index contributed by atoms with van der Waals surface area (Å²) in [5.41, 5.74) is 2.33. The fourth-order valence-corrected chi connectivity index (χ4v) is 2.68. The third-order valence-corrected chi connectivity index (χ3v) is 3.65. The van der Waals surface area contributed by atoms with E-state index < -0.39 is 0 Å². The van der Waals surface area contributed by atoms with Crippen LogP contribution in [0.5, 0.6) is 0 Å². The zero-order valence-corrected chi connectivity index (χ0v) is 11.5. The van der Waals surface area contributed by atoms with E-state index in [1.807, 2.05) is 12.1 Å². The van der Waals surface area contributed by atoms with Crippen molar-refractivity contribution in [1.29, 1.82) is 0 Å². The molecule has 0 aliphatic heterocycles.